The van der Waals surface area contributed by atoms with Gasteiger partial charge < -0.3 is 26.2 Å². The number of aromatic nitrogens is 3. The summed E-state index contributed by atoms with van der Waals surface area (Å²) in [6, 6.07) is 9.14. The van der Waals surface area contributed by atoms with Crippen molar-refractivity contribution in [3.05, 3.63) is 82.0 Å². The van der Waals surface area contributed by atoms with E-state index in [0.29, 0.717) is 47.6 Å². The summed E-state index contributed by atoms with van der Waals surface area (Å²) in [6.07, 6.45) is 4.71. The summed E-state index contributed by atoms with van der Waals surface area (Å²) in [4.78, 5) is 38.3. The zero-order valence-corrected chi connectivity index (χ0v) is 24.4. The van der Waals surface area contributed by atoms with E-state index in [2.05, 4.69) is 41.9 Å². The molecule has 43 heavy (non-hydrogen) atoms. The second-order valence-corrected chi connectivity index (χ2v) is 10.6. The number of carbonyl (C=O) groups is 3. The van der Waals surface area contributed by atoms with Crippen molar-refractivity contribution < 1.29 is 23.5 Å². The van der Waals surface area contributed by atoms with Crippen molar-refractivity contribution >= 4 is 46.6 Å². The lowest BCUT2D eigenvalue weighted by molar-refractivity contribution is -0.119. The Bertz CT molecular complexity index is 1650. The molecule has 2 bridgehead atoms. The van der Waals surface area contributed by atoms with Crippen molar-refractivity contribution in [2.75, 3.05) is 17.7 Å². The Kier molecular flexibility index (Phi) is 8.62. The molecule has 0 saturated carbocycles. The highest BCUT2D eigenvalue weighted by Gasteiger charge is 2.26. The van der Waals surface area contributed by atoms with Crippen molar-refractivity contribution in [3.8, 4) is 5.69 Å². The molecule has 3 heterocycles. The third-order valence-corrected chi connectivity index (χ3v) is 7.60. The molecule has 224 valence electrons. The van der Waals surface area contributed by atoms with Gasteiger partial charge in [0.05, 0.1) is 35.3 Å². The van der Waals surface area contributed by atoms with Crippen LogP contribution in [0.4, 0.5) is 20.6 Å². The molecule has 12 nitrogen and oxygen atoms in total. The molecule has 5 rings (SSSR count). The number of nitrogens with zero attached hydrogens (tertiary/aromatic N) is 3. The van der Waals surface area contributed by atoms with Crippen LogP contribution in [0.3, 0.4) is 0 Å². The largest absolute Gasteiger partial charge is 0.453 e. The second-order valence-electron chi connectivity index (χ2n) is 10.2. The van der Waals surface area contributed by atoms with Crippen LogP contribution < -0.4 is 26.8 Å². The van der Waals surface area contributed by atoms with Crippen LogP contribution in [0.15, 0.2) is 54.2 Å². The molecule has 0 unspecified atom stereocenters. The van der Waals surface area contributed by atoms with Gasteiger partial charge in [-0.15, -0.1) is 5.10 Å². The minimum absolute atomic E-state index is 0.0425. The maximum absolute atomic E-state index is 14.7. The second kappa shape index (κ2) is 12.5. The van der Waals surface area contributed by atoms with Crippen molar-refractivity contribution in [2.45, 2.75) is 39.2 Å². The lowest BCUT2D eigenvalue weighted by atomic mass is 9.94. The number of halogens is 2. The van der Waals surface area contributed by atoms with Crippen molar-refractivity contribution in [3.63, 3.8) is 0 Å². The summed E-state index contributed by atoms with van der Waals surface area (Å²) in [5.41, 5.74) is 9.56. The molecule has 3 aromatic rings. The van der Waals surface area contributed by atoms with Crippen LogP contribution in [0.2, 0.25) is 5.02 Å². The van der Waals surface area contributed by atoms with E-state index < -0.39 is 23.9 Å². The molecule has 2 aliphatic heterocycles. The Morgan fingerprint density at radius 2 is 2.02 bits per heavy atom. The Morgan fingerprint density at radius 3 is 2.81 bits per heavy atom. The van der Waals surface area contributed by atoms with Crippen LogP contribution in [0.1, 0.15) is 47.9 Å². The first-order valence-corrected chi connectivity index (χ1v) is 13.9. The number of nitrogens with one attached hydrogen (secondary N) is 5. The van der Waals surface area contributed by atoms with Gasteiger partial charge in [0, 0.05) is 23.4 Å². The molecule has 2 aliphatic rings. The minimum atomic E-state index is -0.668. The Labute approximate surface area is 251 Å². The summed E-state index contributed by atoms with van der Waals surface area (Å²) >= 11 is 5.94. The van der Waals surface area contributed by atoms with E-state index in [4.69, 9.17) is 11.6 Å². The molecule has 3 amide bonds. The smallest absolute Gasteiger partial charge is 0.411 e. The van der Waals surface area contributed by atoms with E-state index in [1.165, 1.54) is 23.9 Å². The molecule has 0 aliphatic carbocycles. The zero-order valence-electron chi connectivity index (χ0n) is 23.6. The van der Waals surface area contributed by atoms with Gasteiger partial charge in [-0.2, -0.15) is 0 Å². The molecule has 0 fully saturated rings. The number of fused-ring (bicyclic) bond motifs is 3. The maximum Gasteiger partial charge on any atom is 0.411 e. The van der Waals surface area contributed by atoms with Crippen molar-refractivity contribution in [1.29, 1.82) is 0 Å². The highest BCUT2D eigenvalue weighted by Crippen LogP contribution is 2.31. The number of anilines is 2. The number of hydrogen-bond donors (Lipinski definition) is 5. The number of ether oxygens (including phenoxy) is 1. The van der Waals surface area contributed by atoms with Crippen LogP contribution in [-0.2, 0) is 9.53 Å². The third kappa shape index (κ3) is 6.31. The third-order valence-electron chi connectivity index (χ3n) is 7.31. The first-order chi connectivity index (χ1) is 20.7. The fourth-order valence-corrected chi connectivity index (χ4v) is 5.07. The van der Waals surface area contributed by atoms with Gasteiger partial charge in [-0.3, -0.25) is 14.9 Å². The van der Waals surface area contributed by atoms with Gasteiger partial charge in [0.15, 0.2) is 11.5 Å². The van der Waals surface area contributed by atoms with E-state index in [0.717, 1.165) is 5.57 Å². The SMILES string of the molecule is COC(=O)Nc1ccc2c(c1)NC(=O)[C@@H](C)CCC[C@H](NC(=O)c1nnn(-c3cccc(Cl)c3F)c1C)C1=CNNC2=C1. The normalized spacial score (nSPS) is 18.2. The number of carbonyl (C=O) groups excluding carboxylic acids is 3. The van der Waals surface area contributed by atoms with Crippen LogP contribution in [0.25, 0.3) is 11.4 Å². The summed E-state index contributed by atoms with van der Waals surface area (Å²) in [5.74, 6) is -1.66. The summed E-state index contributed by atoms with van der Waals surface area (Å²) in [6.45, 7) is 3.46. The van der Waals surface area contributed by atoms with Crippen molar-refractivity contribution in [1.82, 2.24) is 31.2 Å². The lowest BCUT2D eigenvalue weighted by Gasteiger charge is -2.27. The first kappa shape index (κ1) is 29.6. The molecule has 2 atom stereocenters. The van der Waals surface area contributed by atoms with Gasteiger partial charge >= 0.3 is 6.09 Å². The fourth-order valence-electron chi connectivity index (χ4n) is 4.90. The molecule has 1 aromatic heterocycles. The number of amides is 3. The Balaban J connectivity index is 1.46. The fraction of sp³-hybridized carbons (Fsp3) is 0.276. The van der Waals surface area contributed by atoms with Gasteiger partial charge in [-0.05, 0) is 61.7 Å². The maximum atomic E-state index is 14.7. The van der Waals surface area contributed by atoms with Crippen molar-refractivity contribution in [2.24, 2.45) is 5.92 Å². The first-order valence-electron chi connectivity index (χ1n) is 13.6. The Morgan fingerprint density at radius 1 is 1.21 bits per heavy atom. The molecule has 14 heteroatoms. The van der Waals surface area contributed by atoms with E-state index in [9.17, 15) is 18.8 Å². The van der Waals surface area contributed by atoms with E-state index >= 15 is 0 Å². The topological polar surface area (TPSA) is 151 Å². The molecular weight excluding hydrogens is 579 g/mol. The van der Waals surface area contributed by atoms with Gasteiger partial charge in [-0.25, -0.2) is 13.9 Å². The molecular formula is C29H30ClFN8O4. The van der Waals surface area contributed by atoms with Gasteiger partial charge in [0.1, 0.15) is 5.69 Å². The summed E-state index contributed by atoms with van der Waals surface area (Å²) < 4.78 is 20.6. The number of rotatable bonds is 4. The van der Waals surface area contributed by atoms with Gasteiger partial charge in [0.2, 0.25) is 5.91 Å². The standard InChI is InChI=1S/C29H30ClFN8O4/c1-15-6-4-8-21(34-28(41)26-16(2)39(38-37-26)24-9-5-7-20(30)25(24)31)17-12-23(36-32-14-17)19-11-10-18(33-29(42)43-3)13-22(19)35-27(15)40/h5,7,9-15,21,32,36H,4,6,8H2,1-3H3,(H,33,42)(H,34,41)(H,35,40)/t15-,21-/m0/s1. The average molecular weight is 609 g/mol. The zero-order chi connectivity index (χ0) is 30.7. The molecule has 5 N–H and O–H groups in total. The van der Waals surface area contributed by atoms with Crippen LogP contribution in [0.5, 0.6) is 0 Å². The monoisotopic (exact) mass is 608 g/mol. The molecule has 0 saturated heterocycles. The number of hydrogen-bond acceptors (Lipinski definition) is 8. The summed E-state index contributed by atoms with van der Waals surface area (Å²) in [5, 5.41) is 16.6. The highest BCUT2D eigenvalue weighted by atomic mass is 35.5. The van der Waals surface area contributed by atoms with Gasteiger partial charge in [0.25, 0.3) is 5.91 Å². The molecule has 0 radical (unpaired) electrons. The number of hydrazine groups is 1. The predicted molar refractivity (Wildman–Crippen MR) is 159 cm³/mol. The van der Waals surface area contributed by atoms with Crippen LogP contribution in [-0.4, -0.2) is 46.1 Å². The molecule has 2 aromatic carbocycles. The minimum Gasteiger partial charge on any atom is -0.453 e. The van der Waals surface area contributed by atoms with Crippen LogP contribution in [0, 0.1) is 18.7 Å². The van der Waals surface area contributed by atoms with Crippen LogP contribution >= 0.6 is 11.6 Å². The lowest BCUT2D eigenvalue weighted by Crippen LogP contribution is -2.40. The number of methoxy groups -OCH3 is 1. The van der Waals surface area contributed by atoms with Gasteiger partial charge in [-0.1, -0.05) is 36.2 Å². The highest BCUT2D eigenvalue weighted by molar-refractivity contribution is 6.30. The Hall–Kier alpha value is -4.91. The van der Waals surface area contributed by atoms with E-state index in [1.54, 1.807) is 37.4 Å². The quantitative estimate of drug-likeness (QED) is 0.292. The average Bonchev–Trinajstić information content (AvgIpc) is 3.38. The summed E-state index contributed by atoms with van der Waals surface area (Å²) in [7, 11) is 1.26. The van der Waals surface area contributed by atoms with E-state index in [1.807, 2.05) is 13.0 Å². The number of benzene rings is 2. The predicted octanol–water partition coefficient (Wildman–Crippen LogP) is 4.44. The van der Waals surface area contributed by atoms with E-state index in [-0.39, 0.29) is 28.2 Å². The molecule has 0 spiro atoms.